The number of hydrogen-bond acceptors (Lipinski definition) is 6. The molecule has 0 bridgehead atoms. The van der Waals surface area contributed by atoms with Gasteiger partial charge in [-0.1, -0.05) is 12.1 Å². The monoisotopic (exact) mass is 395 g/mol. The molecule has 3 rings (SSSR count). The summed E-state index contributed by atoms with van der Waals surface area (Å²) in [5, 5.41) is 6.41. The molecule has 6 nitrogen and oxygen atoms in total. The van der Waals surface area contributed by atoms with E-state index in [4.69, 9.17) is 4.74 Å². The minimum absolute atomic E-state index is 0.222. The standard InChI is InChI=1S/C19H24F3N5O/c1-23-17-9-18(26-13-25-17)27-7-3-5-15(27)11-24-10-14-4-2-6-16(8-14)28-12-19(20,21)22/h2,4,6,8-9,13,15,24H,3,5,7,10-12H2,1H3,(H,23,25,26). The lowest BCUT2D eigenvalue weighted by atomic mass is 10.2. The Kier molecular flexibility index (Phi) is 6.56. The van der Waals surface area contributed by atoms with Gasteiger partial charge >= 0.3 is 6.18 Å². The number of rotatable bonds is 8. The van der Waals surface area contributed by atoms with Gasteiger partial charge in [-0.3, -0.25) is 0 Å². The van der Waals surface area contributed by atoms with Crippen LogP contribution in [-0.2, 0) is 6.54 Å². The molecule has 2 heterocycles. The number of benzene rings is 1. The first-order valence-electron chi connectivity index (χ1n) is 9.20. The fraction of sp³-hybridized carbons (Fsp3) is 0.474. The maximum atomic E-state index is 12.3. The fourth-order valence-corrected chi connectivity index (χ4v) is 3.28. The zero-order valence-electron chi connectivity index (χ0n) is 15.7. The second-order valence-electron chi connectivity index (χ2n) is 6.68. The lowest BCUT2D eigenvalue weighted by molar-refractivity contribution is -0.153. The number of hydrogen-bond donors (Lipinski definition) is 2. The van der Waals surface area contributed by atoms with Crippen LogP contribution < -0.4 is 20.3 Å². The second-order valence-corrected chi connectivity index (χ2v) is 6.68. The highest BCUT2D eigenvalue weighted by molar-refractivity contribution is 5.49. The molecule has 1 aromatic heterocycles. The van der Waals surface area contributed by atoms with Crippen LogP contribution in [0.1, 0.15) is 18.4 Å². The van der Waals surface area contributed by atoms with Gasteiger partial charge in [0.15, 0.2) is 6.61 Å². The molecule has 1 fully saturated rings. The van der Waals surface area contributed by atoms with Crippen LogP contribution in [-0.4, -0.2) is 48.9 Å². The van der Waals surface area contributed by atoms with Crippen LogP contribution in [0, 0.1) is 0 Å². The normalized spacial score (nSPS) is 17.0. The van der Waals surface area contributed by atoms with Gasteiger partial charge in [-0.05, 0) is 30.5 Å². The molecule has 28 heavy (non-hydrogen) atoms. The Bertz CT molecular complexity index is 771. The smallest absolute Gasteiger partial charge is 0.422 e. The van der Waals surface area contributed by atoms with Gasteiger partial charge in [0, 0.05) is 38.8 Å². The molecule has 0 radical (unpaired) electrons. The molecular formula is C19H24F3N5O. The van der Waals surface area contributed by atoms with Gasteiger partial charge < -0.3 is 20.3 Å². The molecule has 1 saturated heterocycles. The molecule has 1 aromatic carbocycles. The second kappa shape index (κ2) is 9.09. The largest absolute Gasteiger partial charge is 0.484 e. The zero-order valence-corrected chi connectivity index (χ0v) is 15.7. The van der Waals surface area contributed by atoms with Crippen LogP contribution >= 0.6 is 0 Å². The van der Waals surface area contributed by atoms with E-state index in [0.717, 1.165) is 43.1 Å². The quantitative estimate of drug-likeness (QED) is 0.716. The third kappa shape index (κ3) is 5.72. The molecule has 0 spiro atoms. The number of halogens is 3. The number of ether oxygens (including phenoxy) is 1. The van der Waals surface area contributed by atoms with Crippen molar-refractivity contribution < 1.29 is 17.9 Å². The number of anilines is 2. The van der Waals surface area contributed by atoms with Crippen LogP contribution in [0.5, 0.6) is 5.75 Å². The topological polar surface area (TPSA) is 62.3 Å². The highest BCUT2D eigenvalue weighted by Crippen LogP contribution is 2.24. The van der Waals surface area contributed by atoms with Crippen molar-refractivity contribution in [2.45, 2.75) is 31.6 Å². The van der Waals surface area contributed by atoms with Crippen LogP contribution in [0.15, 0.2) is 36.7 Å². The molecule has 1 aliphatic rings. The van der Waals surface area contributed by atoms with E-state index < -0.39 is 12.8 Å². The Hall–Kier alpha value is -2.55. The van der Waals surface area contributed by atoms with Crippen molar-refractivity contribution in [1.29, 1.82) is 0 Å². The first-order chi connectivity index (χ1) is 13.4. The molecule has 1 unspecified atom stereocenters. The fourth-order valence-electron chi connectivity index (χ4n) is 3.28. The highest BCUT2D eigenvalue weighted by atomic mass is 19.4. The van der Waals surface area contributed by atoms with E-state index in [1.54, 1.807) is 18.5 Å². The summed E-state index contributed by atoms with van der Waals surface area (Å²) in [6.45, 7) is 0.966. The Morgan fingerprint density at radius 1 is 1.25 bits per heavy atom. The van der Waals surface area contributed by atoms with Gasteiger partial charge in [-0.25, -0.2) is 9.97 Å². The van der Waals surface area contributed by atoms with E-state index in [2.05, 4.69) is 25.5 Å². The van der Waals surface area contributed by atoms with Crippen molar-refractivity contribution in [1.82, 2.24) is 15.3 Å². The minimum atomic E-state index is -4.34. The Morgan fingerprint density at radius 3 is 2.89 bits per heavy atom. The molecule has 1 atom stereocenters. The first kappa shape index (κ1) is 20.2. The molecule has 0 aliphatic carbocycles. The van der Waals surface area contributed by atoms with Crippen molar-refractivity contribution >= 4 is 11.6 Å². The van der Waals surface area contributed by atoms with Gasteiger partial charge in [0.2, 0.25) is 0 Å². The van der Waals surface area contributed by atoms with E-state index in [9.17, 15) is 13.2 Å². The molecule has 0 saturated carbocycles. The summed E-state index contributed by atoms with van der Waals surface area (Å²) in [6, 6.07) is 8.97. The van der Waals surface area contributed by atoms with Gasteiger partial charge in [-0.15, -0.1) is 0 Å². The number of aromatic nitrogens is 2. The van der Waals surface area contributed by atoms with Gasteiger partial charge in [0.1, 0.15) is 23.7 Å². The summed E-state index contributed by atoms with van der Waals surface area (Å²) in [7, 11) is 1.82. The summed E-state index contributed by atoms with van der Waals surface area (Å²) in [6.07, 6.45) is -0.641. The number of alkyl halides is 3. The van der Waals surface area contributed by atoms with Crippen molar-refractivity contribution in [3.05, 3.63) is 42.2 Å². The van der Waals surface area contributed by atoms with E-state index in [-0.39, 0.29) is 5.75 Å². The van der Waals surface area contributed by atoms with Crippen LogP contribution in [0.25, 0.3) is 0 Å². The summed E-state index contributed by atoms with van der Waals surface area (Å²) >= 11 is 0. The molecule has 9 heteroatoms. The van der Waals surface area contributed by atoms with Gasteiger partial charge in [0.05, 0.1) is 0 Å². The summed E-state index contributed by atoms with van der Waals surface area (Å²) < 4.78 is 41.7. The average molecular weight is 395 g/mol. The van der Waals surface area contributed by atoms with Gasteiger partial charge in [-0.2, -0.15) is 13.2 Å². The predicted molar refractivity (Wildman–Crippen MR) is 102 cm³/mol. The first-order valence-corrected chi connectivity index (χ1v) is 9.20. The molecule has 2 N–H and O–H groups in total. The third-order valence-electron chi connectivity index (χ3n) is 4.59. The molecule has 1 aliphatic heterocycles. The van der Waals surface area contributed by atoms with E-state index in [0.29, 0.717) is 12.6 Å². The van der Waals surface area contributed by atoms with Crippen molar-refractivity contribution in [3.63, 3.8) is 0 Å². The molecular weight excluding hydrogens is 371 g/mol. The highest BCUT2D eigenvalue weighted by Gasteiger charge is 2.28. The van der Waals surface area contributed by atoms with Crippen molar-refractivity contribution in [2.75, 3.05) is 37.0 Å². The summed E-state index contributed by atoms with van der Waals surface area (Å²) in [5.41, 5.74) is 0.878. The maximum absolute atomic E-state index is 12.3. The Labute approximate surface area is 162 Å². The van der Waals surface area contributed by atoms with E-state index >= 15 is 0 Å². The Balaban J connectivity index is 1.53. The minimum Gasteiger partial charge on any atom is -0.484 e. The summed E-state index contributed by atoms with van der Waals surface area (Å²) in [4.78, 5) is 10.8. The van der Waals surface area contributed by atoms with Gasteiger partial charge in [0.25, 0.3) is 0 Å². The van der Waals surface area contributed by atoms with Crippen LogP contribution in [0.3, 0.4) is 0 Å². The lowest BCUT2D eigenvalue weighted by Gasteiger charge is -2.26. The van der Waals surface area contributed by atoms with E-state index in [1.165, 1.54) is 6.07 Å². The molecule has 0 amide bonds. The SMILES string of the molecule is CNc1cc(N2CCCC2CNCc2cccc(OCC(F)(F)F)c2)ncn1. The Morgan fingerprint density at radius 2 is 2.11 bits per heavy atom. The third-order valence-corrected chi connectivity index (χ3v) is 4.59. The lowest BCUT2D eigenvalue weighted by Crippen LogP contribution is -2.38. The predicted octanol–water partition coefficient (Wildman–Crippen LogP) is 3.22. The number of nitrogens with zero attached hydrogens (tertiary/aromatic N) is 3. The van der Waals surface area contributed by atoms with Crippen molar-refractivity contribution in [2.24, 2.45) is 0 Å². The zero-order chi connectivity index (χ0) is 20.0. The van der Waals surface area contributed by atoms with Crippen LogP contribution in [0.2, 0.25) is 0 Å². The van der Waals surface area contributed by atoms with Crippen LogP contribution in [0.4, 0.5) is 24.8 Å². The van der Waals surface area contributed by atoms with Crippen molar-refractivity contribution in [3.8, 4) is 5.75 Å². The molecule has 2 aromatic rings. The van der Waals surface area contributed by atoms with E-state index in [1.807, 2.05) is 19.2 Å². The average Bonchev–Trinajstić information content (AvgIpc) is 3.15. The molecule has 152 valence electrons. The summed E-state index contributed by atoms with van der Waals surface area (Å²) in [5.74, 6) is 1.89. The number of nitrogens with one attached hydrogen (secondary N) is 2. The maximum Gasteiger partial charge on any atom is 0.422 e.